The Kier molecular flexibility index (Phi) is 3.61. The van der Waals surface area contributed by atoms with E-state index in [1.807, 2.05) is 4.52 Å². The molecule has 0 unspecified atom stereocenters. The smallest absolute Gasteiger partial charge is 0.157 e. The van der Waals surface area contributed by atoms with E-state index in [4.69, 9.17) is 10.1 Å². The number of rotatable bonds is 2. The summed E-state index contributed by atoms with van der Waals surface area (Å²) >= 11 is 0. The summed E-state index contributed by atoms with van der Waals surface area (Å²) in [6.07, 6.45) is 0.950. The van der Waals surface area contributed by atoms with Crippen LogP contribution in [0.15, 0.2) is 12.1 Å². The largest absolute Gasteiger partial charge is 0.354 e. The Morgan fingerprint density at radius 2 is 1.90 bits per heavy atom. The molecule has 0 bridgehead atoms. The van der Waals surface area contributed by atoms with E-state index in [1.165, 1.54) is 5.82 Å². The molecule has 2 aromatic rings. The minimum atomic E-state index is 0.0425. The molecule has 1 N–H and O–H groups in total. The van der Waals surface area contributed by atoms with Gasteiger partial charge in [0.15, 0.2) is 5.65 Å². The van der Waals surface area contributed by atoms with Crippen LogP contribution in [0.5, 0.6) is 0 Å². The van der Waals surface area contributed by atoms with Gasteiger partial charge in [0.05, 0.1) is 5.69 Å². The van der Waals surface area contributed by atoms with Gasteiger partial charge in [-0.3, -0.25) is 0 Å². The molecule has 1 fully saturated rings. The van der Waals surface area contributed by atoms with Crippen molar-refractivity contribution >= 4 is 11.5 Å². The molecule has 114 valence electrons. The number of piperazine rings is 1. The predicted octanol–water partition coefficient (Wildman–Crippen LogP) is 2.00. The van der Waals surface area contributed by atoms with Crippen molar-refractivity contribution in [1.29, 1.82) is 0 Å². The SMILES string of the molecule is CCc1cc(N2CCNCC2)n2nc(C(C)(C)C)cc2n1. The zero-order chi connectivity index (χ0) is 15.0. The number of hydrogen-bond donors (Lipinski definition) is 1. The van der Waals surface area contributed by atoms with Gasteiger partial charge in [0, 0.05) is 49.4 Å². The second-order valence-electron chi connectivity index (χ2n) is 6.75. The molecule has 5 heteroatoms. The first-order valence-corrected chi connectivity index (χ1v) is 7.85. The quantitative estimate of drug-likeness (QED) is 0.917. The fraction of sp³-hybridized carbons (Fsp3) is 0.625. The molecule has 1 aliphatic heterocycles. The summed E-state index contributed by atoms with van der Waals surface area (Å²) in [5.74, 6) is 1.17. The number of aryl methyl sites for hydroxylation is 1. The van der Waals surface area contributed by atoms with Crippen LogP contribution in [0.4, 0.5) is 5.82 Å². The Balaban J connectivity index is 2.13. The Morgan fingerprint density at radius 1 is 1.19 bits per heavy atom. The summed E-state index contributed by atoms with van der Waals surface area (Å²) in [6, 6.07) is 4.32. The predicted molar refractivity (Wildman–Crippen MR) is 86.1 cm³/mol. The summed E-state index contributed by atoms with van der Waals surface area (Å²) in [5, 5.41) is 8.23. The first-order valence-electron chi connectivity index (χ1n) is 7.85. The second kappa shape index (κ2) is 5.30. The van der Waals surface area contributed by atoms with E-state index in [-0.39, 0.29) is 5.41 Å². The Hall–Kier alpha value is -1.62. The highest BCUT2D eigenvalue weighted by Gasteiger charge is 2.21. The minimum absolute atomic E-state index is 0.0425. The zero-order valence-corrected chi connectivity index (χ0v) is 13.5. The van der Waals surface area contributed by atoms with Crippen LogP contribution in [0.2, 0.25) is 0 Å². The molecule has 0 amide bonds. The van der Waals surface area contributed by atoms with E-state index in [1.54, 1.807) is 0 Å². The third-order valence-corrected chi connectivity index (χ3v) is 4.03. The lowest BCUT2D eigenvalue weighted by atomic mass is 9.93. The molecule has 0 atom stereocenters. The average molecular weight is 287 g/mol. The molecule has 3 rings (SSSR count). The lowest BCUT2D eigenvalue weighted by Crippen LogP contribution is -2.44. The molecule has 0 saturated carbocycles. The Labute approximate surface area is 126 Å². The van der Waals surface area contributed by atoms with E-state index in [0.29, 0.717) is 0 Å². The molecule has 0 radical (unpaired) electrons. The normalized spacial score (nSPS) is 16.7. The van der Waals surface area contributed by atoms with Gasteiger partial charge in [0.2, 0.25) is 0 Å². The molecule has 1 aliphatic rings. The van der Waals surface area contributed by atoms with Crippen molar-refractivity contribution in [2.75, 3.05) is 31.1 Å². The van der Waals surface area contributed by atoms with Gasteiger partial charge in [0.25, 0.3) is 0 Å². The lowest BCUT2D eigenvalue weighted by molar-refractivity contribution is 0.556. The summed E-state index contributed by atoms with van der Waals surface area (Å²) in [4.78, 5) is 7.15. The summed E-state index contributed by atoms with van der Waals surface area (Å²) in [6.45, 7) is 12.8. The second-order valence-corrected chi connectivity index (χ2v) is 6.75. The number of anilines is 1. The monoisotopic (exact) mass is 287 g/mol. The highest BCUT2D eigenvalue weighted by atomic mass is 15.4. The van der Waals surface area contributed by atoms with Crippen molar-refractivity contribution in [2.24, 2.45) is 0 Å². The topological polar surface area (TPSA) is 45.5 Å². The van der Waals surface area contributed by atoms with E-state index in [9.17, 15) is 0 Å². The van der Waals surface area contributed by atoms with Gasteiger partial charge in [-0.25, -0.2) is 4.98 Å². The molecule has 0 aliphatic carbocycles. The van der Waals surface area contributed by atoms with E-state index in [0.717, 1.165) is 49.6 Å². The maximum absolute atomic E-state index is 4.83. The van der Waals surface area contributed by atoms with E-state index < -0.39 is 0 Å². The van der Waals surface area contributed by atoms with Crippen molar-refractivity contribution < 1.29 is 0 Å². The van der Waals surface area contributed by atoms with E-state index >= 15 is 0 Å². The van der Waals surface area contributed by atoms with Crippen molar-refractivity contribution in [3.05, 3.63) is 23.5 Å². The molecule has 1 saturated heterocycles. The van der Waals surface area contributed by atoms with Gasteiger partial charge in [0.1, 0.15) is 5.82 Å². The molecule has 2 aromatic heterocycles. The number of aromatic nitrogens is 3. The molecular formula is C16H25N5. The van der Waals surface area contributed by atoms with Crippen LogP contribution >= 0.6 is 0 Å². The zero-order valence-electron chi connectivity index (χ0n) is 13.5. The van der Waals surface area contributed by atoms with Crippen LogP contribution in [-0.4, -0.2) is 40.8 Å². The fourth-order valence-corrected chi connectivity index (χ4v) is 2.68. The van der Waals surface area contributed by atoms with Crippen molar-refractivity contribution in [1.82, 2.24) is 19.9 Å². The first kappa shape index (κ1) is 14.3. The molecule has 5 nitrogen and oxygen atoms in total. The van der Waals surface area contributed by atoms with Crippen LogP contribution in [0.25, 0.3) is 5.65 Å². The fourth-order valence-electron chi connectivity index (χ4n) is 2.68. The van der Waals surface area contributed by atoms with Gasteiger partial charge in [-0.1, -0.05) is 27.7 Å². The molecule has 0 spiro atoms. The van der Waals surface area contributed by atoms with Crippen molar-refractivity contribution in [3.63, 3.8) is 0 Å². The average Bonchev–Trinajstić information content (AvgIpc) is 2.91. The third kappa shape index (κ3) is 2.75. The highest BCUT2D eigenvalue weighted by Crippen LogP contribution is 2.25. The maximum atomic E-state index is 4.83. The van der Waals surface area contributed by atoms with Gasteiger partial charge in [-0.05, 0) is 6.42 Å². The van der Waals surface area contributed by atoms with Crippen LogP contribution in [0.1, 0.15) is 39.1 Å². The summed E-state index contributed by atoms with van der Waals surface area (Å²) in [5.41, 5.74) is 3.24. The standard InChI is InChI=1S/C16H25N5/c1-5-12-10-15(20-8-6-17-7-9-20)21-14(18-12)11-13(19-21)16(2,3)4/h10-11,17H,5-9H2,1-4H3. The van der Waals surface area contributed by atoms with Crippen LogP contribution < -0.4 is 10.2 Å². The number of nitrogens with one attached hydrogen (secondary N) is 1. The van der Waals surface area contributed by atoms with Crippen molar-refractivity contribution in [2.45, 2.75) is 39.5 Å². The Bertz CT molecular complexity index is 632. The highest BCUT2D eigenvalue weighted by molar-refractivity contribution is 5.53. The third-order valence-electron chi connectivity index (χ3n) is 4.03. The molecule has 21 heavy (non-hydrogen) atoms. The number of fused-ring (bicyclic) bond motifs is 1. The van der Waals surface area contributed by atoms with Gasteiger partial charge < -0.3 is 10.2 Å². The number of hydrogen-bond acceptors (Lipinski definition) is 4. The number of nitrogens with zero attached hydrogens (tertiary/aromatic N) is 4. The maximum Gasteiger partial charge on any atom is 0.157 e. The van der Waals surface area contributed by atoms with Gasteiger partial charge in [-0.2, -0.15) is 9.61 Å². The van der Waals surface area contributed by atoms with E-state index in [2.05, 4.69) is 50.0 Å². The van der Waals surface area contributed by atoms with Crippen LogP contribution in [-0.2, 0) is 11.8 Å². The van der Waals surface area contributed by atoms with Gasteiger partial charge in [-0.15, -0.1) is 0 Å². The lowest BCUT2D eigenvalue weighted by Gasteiger charge is -2.29. The molecular weight excluding hydrogens is 262 g/mol. The molecule has 0 aromatic carbocycles. The summed E-state index contributed by atoms with van der Waals surface area (Å²) < 4.78 is 2.02. The first-order chi connectivity index (χ1) is 9.99. The minimum Gasteiger partial charge on any atom is -0.354 e. The molecule has 3 heterocycles. The van der Waals surface area contributed by atoms with Crippen LogP contribution in [0.3, 0.4) is 0 Å². The van der Waals surface area contributed by atoms with Crippen molar-refractivity contribution in [3.8, 4) is 0 Å². The Morgan fingerprint density at radius 3 is 2.52 bits per heavy atom. The van der Waals surface area contributed by atoms with Gasteiger partial charge >= 0.3 is 0 Å². The summed E-state index contributed by atoms with van der Waals surface area (Å²) in [7, 11) is 0. The van der Waals surface area contributed by atoms with Crippen LogP contribution in [0, 0.1) is 0 Å².